The molecule has 0 aliphatic heterocycles. The third kappa shape index (κ3) is 3.25. The molecule has 0 unspecified atom stereocenters. The van der Waals surface area contributed by atoms with Crippen LogP contribution < -0.4 is 5.32 Å². The Kier molecular flexibility index (Phi) is 4.32. The van der Waals surface area contributed by atoms with Gasteiger partial charge < -0.3 is 5.32 Å². The molecule has 0 saturated heterocycles. The number of benzene rings is 2. The maximum atomic E-state index is 13.7. The highest BCUT2D eigenvalue weighted by Gasteiger charge is 2.18. The molecule has 108 valence electrons. The van der Waals surface area contributed by atoms with E-state index in [9.17, 15) is 19.3 Å². The van der Waals surface area contributed by atoms with E-state index in [1.165, 1.54) is 0 Å². The van der Waals surface area contributed by atoms with Crippen LogP contribution in [0.1, 0.15) is 15.9 Å². The van der Waals surface area contributed by atoms with Gasteiger partial charge in [-0.15, -0.1) is 0 Å². The van der Waals surface area contributed by atoms with Gasteiger partial charge in [-0.05, 0) is 40.5 Å². The van der Waals surface area contributed by atoms with Crippen LogP contribution in [-0.2, 0) is 0 Å². The number of anilines is 1. The zero-order valence-electron chi connectivity index (χ0n) is 10.9. The van der Waals surface area contributed by atoms with Gasteiger partial charge in [-0.1, -0.05) is 12.1 Å². The average molecular weight is 353 g/mol. The van der Waals surface area contributed by atoms with E-state index < -0.39 is 16.6 Å². The van der Waals surface area contributed by atoms with E-state index in [1.54, 1.807) is 12.1 Å². The molecule has 2 rings (SSSR count). The number of nitrogens with zero attached hydrogens (tertiary/aromatic N) is 1. The van der Waals surface area contributed by atoms with Crippen molar-refractivity contribution < 1.29 is 14.1 Å². The van der Waals surface area contributed by atoms with Gasteiger partial charge in [-0.2, -0.15) is 0 Å². The highest BCUT2D eigenvalue weighted by atomic mass is 79.9. The summed E-state index contributed by atoms with van der Waals surface area (Å²) in [6.45, 7) is 1.84. The Hall–Kier alpha value is -2.28. The number of nitrogens with one attached hydrogen (secondary N) is 1. The summed E-state index contributed by atoms with van der Waals surface area (Å²) >= 11 is 3.32. The predicted octanol–water partition coefficient (Wildman–Crippen LogP) is 4.06. The standard InChI is InChI=1S/C14H10BrFN2O3/c1-8-3-2-4-12(13(8)15)17-14(19)10-7-9(18(20)21)5-6-11(10)16/h2-7H,1H3,(H,17,19). The number of aryl methyl sites for hydroxylation is 1. The van der Waals surface area contributed by atoms with E-state index in [0.29, 0.717) is 10.2 Å². The van der Waals surface area contributed by atoms with Crippen LogP contribution in [0.2, 0.25) is 0 Å². The third-order valence-electron chi connectivity index (χ3n) is 2.85. The third-order valence-corrected chi connectivity index (χ3v) is 3.90. The van der Waals surface area contributed by atoms with Crippen LogP contribution in [0, 0.1) is 22.9 Å². The van der Waals surface area contributed by atoms with Crippen molar-refractivity contribution in [1.82, 2.24) is 0 Å². The molecule has 0 aliphatic rings. The van der Waals surface area contributed by atoms with Gasteiger partial charge in [0.1, 0.15) is 5.82 Å². The summed E-state index contributed by atoms with van der Waals surface area (Å²) in [4.78, 5) is 22.1. The van der Waals surface area contributed by atoms with Crippen molar-refractivity contribution in [2.75, 3.05) is 5.32 Å². The lowest BCUT2D eigenvalue weighted by Gasteiger charge is -2.09. The maximum Gasteiger partial charge on any atom is 0.270 e. The largest absolute Gasteiger partial charge is 0.321 e. The van der Waals surface area contributed by atoms with Gasteiger partial charge in [0.05, 0.1) is 16.2 Å². The number of carbonyl (C=O) groups excluding carboxylic acids is 1. The second kappa shape index (κ2) is 6.01. The van der Waals surface area contributed by atoms with E-state index in [4.69, 9.17) is 0 Å². The number of hydrogen-bond acceptors (Lipinski definition) is 3. The lowest BCUT2D eigenvalue weighted by molar-refractivity contribution is -0.384. The molecule has 0 saturated carbocycles. The molecule has 0 atom stereocenters. The second-order valence-corrected chi connectivity index (χ2v) is 5.10. The summed E-state index contributed by atoms with van der Waals surface area (Å²) in [7, 11) is 0. The topological polar surface area (TPSA) is 72.2 Å². The minimum absolute atomic E-state index is 0.343. The minimum atomic E-state index is -0.818. The SMILES string of the molecule is Cc1cccc(NC(=O)c2cc([N+](=O)[O-])ccc2F)c1Br. The van der Waals surface area contributed by atoms with Gasteiger partial charge in [0.2, 0.25) is 0 Å². The molecule has 0 aromatic heterocycles. The van der Waals surface area contributed by atoms with Crippen LogP contribution in [0.15, 0.2) is 40.9 Å². The highest BCUT2D eigenvalue weighted by molar-refractivity contribution is 9.10. The summed E-state index contributed by atoms with van der Waals surface area (Å²) in [6, 6.07) is 8.04. The molecule has 21 heavy (non-hydrogen) atoms. The van der Waals surface area contributed by atoms with Gasteiger partial charge in [-0.3, -0.25) is 14.9 Å². The number of nitro benzene ring substituents is 1. The van der Waals surface area contributed by atoms with E-state index in [1.807, 2.05) is 13.0 Å². The van der Waals surface area contributed by atoms with Crippen molar-refractivity contribution in [2.24, 2.45) is 0 Å². The van der Waals surface area contributed by atoms with Crippen LogP contribution in [0.3, 0.4) is 0 Å². The van der Waals surface area contributed by atoms with E-state index in [0.717, 1.165) is 23.8 Å². The molecule has 1 N–H and O–H groups in total. The summed E-state index contributed by atoms with van der Waals surface area (Å²) in [5.74, 6) is -1.57. The molecule has 2 aromatic rings. The van der Waals surface area contributed by atoms with Crippen LogP contribution in [0.25, 0.3) is 0 Å². The van der Waals surface area contributed by atoms with Gasteiger partial charge in [0.15, 0.2) is 0 Å². The van der Waals surface area contributed by atoms with Crippen molar-refractivity contribution in [3.8, 4) is 0 Å². The lowest BCUT2D eigenvalue weighted by Crippen LogP contribution is -2.14. The van der Waals surface area contributed by atoms with E-state index in [-0.39, 0.29) is 11.3 Å². The number of nitro groups is 1. The Labute approximate surface area is 128 Å². The molecule has 0 bridgehead atoms. The number of non-ortho nitro benzene ring substituents is 1. The highest BCUT2D eigenvalue weighted by Crippen LogP contribution is 2.27. The summed E-state index contributed by atoms with van der Waals surface area (Å²) in [5, 5.41) is 13.2. The molecular formula is C14H10BrFN2O3. The molecule has 0 aliphatic carbocycles. The molecule has 0 fully saturated rings. The fraction of sp³-hybridized carbons (Fsp3) is 0.0714. The smallest absolute Gasteiger partial charge is 0.270 e. The van der Waals surface area contributed by atoms with Gasteiger partial charge >= 0.3 is 0 Å². The maximum absolute atomic E-state index is 13.7. The van der Waals surface area contributed by atoms with E-state index >= 15 is 0 Å². The average Bonchev–Trinajstić information content (AvgIpc) is 2.44. The Bertz CT molecular complexity index is 734. The minimum Gasteiger partial charge on any atom is -0.321 e. The first-order chi connectivity index (χ1) is 9.90. The monoisotopic (exact) mass is 352 g/mol. The fourth-order valence-electron chi connectivity index (χ4n) is 1.73. The van der Waals surface area contributed by atoms with Crippen molar-refractivity contribution in [2.45, 2.75) is 6.92 Å². The van der Waals surface area contributed by atoms with Crippen molar-refractivity contribution in [3.63, 3.8) is 0 Å². The first kappa shape index (κ1) is 15.1. The summed E-state index contributed by atoms with van der Waals surface area (Å²) in [5.41, 5.74) is 0.640. The molecule has 7 heteroatoms. The van der Waals surface area contributed by atoms with Crippen LogP contribution >= 0.6 is 15.9 Å². The molecule has 2 aromatic carbocycles. The first-order valence-electron chi connectivity index (χ1n) is 5.90. The molecule has 0 radical (unpaired) electrons. The fourth-order valence-corrected chi connectivity index (χ4v) is 2.10. The lowest BCUT2D eigenvalue weighted by atomic mass is 10.1. The molecule has 0 spiro atoms. The number of hydrogen-bond donors (Lipinski definition) is 1. The molecular weight excluding hydrogens is 343 g/mol. The Morgan fingerprint density at radius 1 is 1.33 bits per heavy atom. The zero-order valence-corrected chi connectivity index (χ0v) is 12.5. The normalized spacial score (nSPS) is 10.2. The van der Waals surface area contributed by atoms with Crippen LogP contribution in [0.5, 0.6) is 0 Å². The predicted molar refractivity (Wildman–Crippen MR) is 79.9 cm³/mol. The first-order valence-corrected chi connectivity index (χ1v) is 6.70. The van der Waals surface area contributed by atoms with Gasteiger partial charge in [0.25, 0.3) is 11.6 Å². The molecule has 0 heterocycles. The van der Waals surface area contributed by atoms with E-state index in [2.05, 4.69) is 21.2 Å². The van der Waals surface area contributed by atoms with Crippen molar-refractivity contribution in [3.05, 3.63) is 67.9 Å². The number of carbonyl (C=O) groups is 1. The number of halogens is 2. The number of amides is 1. The van der Waals surface area contributed by atoms with Crippen LogP contribution in [-0.4, -0.2) is 10.8 Å². The quantitative estimate of drug-likeness (QED) is 0.668. The molecule has 1 amide bonds. The zero-order chi connectivity index (χ0) is 15.6. The van der Waals surface area contributed by atoms with Gasteiger partial charge in [0, 0.05) is 16.6 Å². The Balaban J connectivity index is 2.34. The van der Waals surface area contributed by atoms with Gasteiger partial charge in [-0.25, -0.2) is 4.39 Å². The van der Waals surface area contributed by atoms with Crippen molar-refractivity contribution >= 4 is 33.2 Å². The Morgan fingerprint density at radius 2 is 2.05 bits per heavy atom. The second-order valence-electron chi connectivity index (χ2n) is 4.31. The molecule has 5 nitrogen and oxygen atoms in total. The van der Waals surface area contributed by atoms with Crippen molar-refractivity contribution in [1.29, 1.82) is 0 Å². The van der Waals surface area contributed by atoms with Crippen LogP contribution in [0.4, 0.5) is 15.8 Å². The summed E-state index contributed by atoms with van der Waals surface area (Å²) in [6.07, 6.45) is 0. The Morgan fingerprint density at radius 3 is 2.71 bits per heavy atom. The summed E-state index contributed by atoms with van der Waals surface area (Å²) < 4.78 is 14.3. The number of rotatable bonds is 3.